The van der Waals surface area contributed by atoms with Crippen LogP contribution in [0.2, 0.25) is 0 Å². The first-order chi connectivity index (χ1) is 13.2. The van der Waals surface area contributed by atoms with E-state index in [9.17, 15) is 13.2 Å². The van der Waals surface area contributed by atoms with E-state index in [1.54, 1.807) is 0 Å². The molecule has 5 atom stereocenters. The second kappa shape index (κ2) is 7.34. The van der Waals surface area contributed by atoms with Crippen LogP contribution in [-0.4, -0.2) is 54.5 Å². The highest BCUT2D eigenvalue weighted by molar-refractivity contribution is 7.90. The van der Waals surface area contributed by atoms with E-state index in [2.05, 4.69) is 22.2 Å². The molecule has 28 heavy (non-hydrogen) atoms. The highest BCUT2D eigenvalue weighted by Crippen LogP contribution is 2.41. The second-order valence-corrected chi connectivity index (χ2v) is 11.2. The molecule has 0 aromatic heterocycles. The Morgan fingerprint density at radius 1 is 1.29 bits per heavy atom. The summed E-state index contributed by atoms with van der Waals surface area (Å²) in [4.78, 5) is 18.7. The molecule has 5 unspecified atom stereocenters. The summed E-state index contributed by atoms with van der Waals surface area (Å²) in [7, 11) is -3.42. The van der Waals surface area contributed by atoms with Crippen molar-refractivity contribution in [2.75, 3.05) is 6.54 Å². The van der Waals surface area contributed by atoms with Crippen molar-refractivity contribution < 1.29 is 18.0 Å². The zero-order valence-corrected chi connectivity index (χ0v) is 17.8. The molecule has 2 N–H and O–H groups in total. The maximum absolute atomic E-state index is 13.2. The smallest absolute Gasteiger partial charge is 0.246 e. The van der Waals surface area contributed by atoms with Gasteiger partial charge in [0.05, 0.1) is 11.8 Å². The maximum atomic E-state index is 13.2. The standard InChI is InChI=1S/C19H32N4O4S/c1-4-17-15-6-5-14(28(25,26)22-19(3)7-8-19)10-16(15)18(24)23(20-17)11-13-9-12(2)21-27-13/h12-16,21-22H,4-11H2,1-3H3. The summed E-state index contributed by atoms with van der Waals surface area (Å²) < 4.78 is 28.6. The normalized spacial score (nSPS) is 37.5. The largest absolute Gasteiger partial charge is 0.296 e. The van der Waals surface area contributed by atoms with Gasteiger partial charge in [-0.1, -0.05) is 6.92 Å². The van der Waals surface area contributed by atoms with E-state index in [-0.39, 0.29) is 35.4 Å². The van der Waals surface area contributed by atoms with Gasteiger partial charge in [-0.25, -0.2) is 18.1 Å². The van der Waals surface area contributed by atoms with E-state index in [0.29, 0.717) is 25.8 Å². The first-order valence-electron chi connectivity index (χ1n) is 10.5. The summed E-state index contributed by atoms with van der Waals surface area (Å²) in [6.07, 6.45) is 4.97. The molecule has 158 valence electrons. The van der Waals surface area contributed by atoms with Gasteiger partial charge in [0.2, 0.25) is 15.9 Å². The molecule has 9 heteroatoms. The third-order valence-corrected chi connectivity index (χ3v) is 8.75. The summed E-state index contributed by atoms with van der Waals surface area (Å²) in [5.74, 6) is -0.289. The van der Waals surface area contributed by atoms with Crippen LogP contribution < -0.4 is 10.2 Å². The van der Waals surface area contributed by atoms with Crippen molar-refractivity contribution in [1.82, 2.24) is 15.2 Å². The minimum atomic E-state index is -3.42. The molecule has 2 aliphatic carbocycles. The maximum Gasteiger partial charge on any atom is 0.246 e. The summed E-state index contributed by atoms with van der Waals surface area (Å²) in [5.41, 5.74) is 3.67. The number of nitrogens with zero attached hydrogens (tertiary/aromatic N) is 2. The van der Waals surface area contributed by atoms with Crippen LogP contribution in [0.25, 0.3) is 0 Å². The number of hydrazone groups is 1. The lowest BCUT2D eigenvalue weighted by Gasteiger charge is -2.41. The van der Waals surface area contributed by atoms with E-state index in [1.807, 2.05) is 13.8 Å². The van der Waals surface area contributed by atoms with Crippen molar-refractivity contribution >= 4 is 21.6 Å². The minimum absolute atomic E-state index is 0.0529. The zero-order chi connectivity index (χ0) is 20.1. The van der Waals surface area contributed by atoms with Crippen LogP contribution in [0.4, 0.5) is 0 Å². The summed E-state index contributed by atoms with van der Waals surface area (Å²) in [6.45, 7) is 6.45. The molecular weight excluding hydrogens is 380 g/mol. The van der Waals surface area contributed by atoms with Gasteiger partial charge < -0.3 is 0 Å². The minimum Gasteiger partial charge on any atom is -0.296 e. The number of carbonyl (C=O) groups excluding carboxylic acids is 1. The number of hydrogen-bond acceptors (Lipinski definition) is 6. The van der Waals surface area contributed by atoms with E-state index in [0.717, 1.165) is 31.4 Å². The monoisotopic (exact) mass is 412 g/mol. The molecule has 4 rings (SSSR count). The number of fused-ring (bicyclic) bond motifs is 1. The van der Waals surface area contributed by atoms with Crippen molar-refractivity contribution in [2.24, 2.45) is 16.9 Å². The van der Waals surface area contributed by atoms with Gasteiger partial charge in [-0.05, 0) is 58.8 Å². The fourth-order valence-electron chi connectivity index (χ4n) is 4.74. The number of sulfonamides is 1. The van der Waals surface area contributed by atoms with Crippen LogP contribution in [-0.2, 0) is 19.7 Å². The molecule has 0 bridgehead atoms. The number of amides is 1. The van der Waals surface area contributed by atoms with Crippen molar-refractivity contribution in [1.29, 1.82) is 0 Å². The summed E-state index contributed by atoms with van der Waals surface area (Å²) in [6, 6.07) is 0.256. The fraction of sp³-hybridized carbons (Fsp3) is 0.895. The molecule has 0 radical (unpaired) electrons. The number of hydrogen-bond donors (Lipinski definition) is 2. The topological polar surface area (TPSA) is 100 Å². The average molecular weight is 413 g/mol. The summed E-state index contributed by atoms with van der Waals surface area (Å²) >= 11 is 0. The van der Waals surface area contributed by atoms with Crippen LogP contribution >= 0.6 is 0 Å². The Bertz CT molecular complexity index is 764. The van der Waals surface area contributed by atoms with Gasteiger partial charge in [0.25, 0.3) is 0 Å². The molecule has 0 aromatic carbocycles. The van der Waals surface area contributed by atoms with Crippen LogP contribution in [0.5, 0.6) is 0 Å². The quantitative estimate of drug-likeness (QED) is 0.689. The number of carbonyl (C=O) groups is 1. The molecule has 2 aliphatic heterocycles. The Balaban J connectivity index is 1.49. The molecule has 3 fully saturated rings. The van der Waals surface area contributed by atoms with Crippen molar-refractivity contribution in [2.45, 2.75) is 88.7 Å². The highest BCUT2D eigenvalue weighted by Gasteiger charge is 2.49. The van der Waals surface area contributed by atoms with E-state index in [1.165, 1.54) is 5.01 Å². The third-order valence-electron chi connectivity index (χ3n) is 6.67. The fourth-order valence-corrected chi connectivity index (χ4v) is 6.71. The molecule has 4 aliphatic rings. The van der Waals surface area contributed by atoms with Gasteiger partial charge in [-0.2, -0.15) is 10.6 Å². The number of hydroxylamine groups is 1. The zero-order valence-electron chi connectivity index (χ0n) is 17.0. The summed E-state index contributed by atoms with van der Waals surface area (Å²) in [5, 5.41) is 5.67. The Kier molecular flexibility index (Phi) is 5.31. The molecule has 1 amide bonds. The first kappa shape index (κ1) is 20.3. The average Bonchev–Trinajstić information content (AvgIpc) is 3.22. The highest BCUT2D eigenvalue weighted by atomic mass is 32.2. The molecule has 2 saturated carbocycles. The van der Waals surface area contributed by atoms with Crippen molar-refractivity contribution in [3.05, 3.63) is 0 Å². The van der Waals surface area contributed by atoms with Crippen LogP contribution in [0, 0.1) is 11.8 Å². The number of rotatable bonds is 6. The van der Waals surface area contributed by atoms with E-state index < -0.39 is 15.3 Å². The first-order valence-corrected chi connectivity index (χ1v) is 12.1. The molecule has 2 heterocycles. The van der Waals surface area contributed by atoms with Gasteiger partial charge >= 0.3 is 0 Å². The van der Waals surface area contributed by atoms with Crippen LogP contribution in [0.3, 0.4) is 0 Å². The lowest BCUT2D eigenvalue weighted by atomic mass is 9.74. The van der Waals surface area contributed by atoms with Gasteiger partial charge in [0, 0.05) is 29.1 Å². The molecule has 1 saturated heterocycles. The molecular formula is C19H32N4O4S. The van der Waals surface area contributed by atoms with Crippen molar-refractivity contribution in [3.63, 3.8) is 0 Å². The molecule has 0 spiro atoms. The van der Waals surface area contributed by atoms with Gasteiger partial charge in [0.1, 0.15) is 6.10 Å². The lowest BCUT2D eigenvalue weighted by molar-refractivity contribution is -0.141. The van der Waals surface area contributed by atoms with Crippen LogP contribution in [0.15, 0.2) is 5.10 Å². The Morgan fingerprint density at radius 3 is 2.64 bits per heavy atom. The Labute approximate surface area is 167 Å². The van der Waals surface area contributed by atoms with Gasteiger partial charge in [0.15, 0.2) is 0 Å². The Hall–Kier alpha value is -1.03. The Morgan fingerprint density at radius 2 is 2.04 bits per heavy atom. The lowest BCUT2D eigenvalue weighted by Crippen LogP contribution is -2.52. The van der Waals surface area contributed by atoms with Gasteiger partial charge in [-0.3, -0.25) is 9.63 Å². The third kappa shape index (κ3) is 3.99. The van der Waals surface area contributed by atoms with E-state index in [4.69, 9.17) is 4.84 Å². The SMILES string of the molecule is CCC1=NN(CC2CC(C)NO2)C(=O)C2CC(S(=O)(=O)NC3(C)CC3)CCC12. The molecule has 8 nitrogen and oxygen atoms in total. The second-order valence-electron chi connectivity index (χ2n) is 9.22. The van der Waals surface area contributed by atoms with Gasteiger partial charge in [-0.15, -0.1) is 0 Å². The van der Waals surface area contributed by atoms with Crippen molar-refractivity contribution in [3.8, 4) is 0 Å². The predicted octanol–water partition coefficient (Wildman–Crippen LogP) is 1.53. The molecule has 0 aromatic rings. The van der Waals surface area contributed by atoms with E-state index >= 15 is 0 Å². The number of nitrogens with one attached hydrogen (secondary N) is 2. The predicted molar refractivity (Wildman–Crippen MR) is 106 cm³/mol. The van der Waals surface area contributed by atoms with Crippen LogP contribution in [0.1, 0.15) is 65.7 Å².